The zero-order chi connectivity index (χ0) is 18.8. The van der Waals surface area contributed by atoms with Crippen LogP contribution in [-0.2, 0) is 24.1 Å². The molecule has 3 nitrogen and oxygen atoms in total. The van der Waals surface area contributed by atoms with Gasteiger partial charge in [-0.15, -0.1) is 0 Å². The van der Waals surface area contributed by atoms with Gasteiger partial charge in [-0.2, -0.15) is 0 Å². The molecular formula is C20H30NO2PS2. The van der Waals surface area contributed by atoms with Crippen LogP contribution in [0.25, 0.3) is 0 Å². The third-order valence-electron chi connectivity index (χ3n) is 4.00. The topological polar surface area (TPSA) is 55.0 Å². The van der Waals surface area contributed by atoms with Gasteiger partial charge >= 0.3 is 0 Å². The van der Waals surface area contributed by atoms with E-state index in [4.69, 9.17) is 33.1 Å². The van der Waals surface area contributed by atoms with E-state index >= 15 is 0 Å². The smallest absolute Gasteiger partial charge is 0.156 e. The van der Waals surface area contributed by atoms with E-state index in [2.05, 4.69) is 52.0 Å². The maximum absolute atomic E-state index is 6.07. The molecule has 0 aliphatic carbocycles. The fraction of sp³-hybridized carbons (Fsp3) is 0.400. The second kappa shape index (κ2) is 9.27. The van der Waals surface area contributed by atoms with E-state index in [-0.39, 0.29) is 6.15 Å². The first-order valence-electron chi connectivity index (χ1n) is 8.50. The van der Waals surface area contributed by atoms with Crippen molar-refractivity contribution in [1.29, 1.82) is 0 Å². The summed E-state index contributed by atoms with van der Waals surface area (Å²) in [6, 6.07) is 12.3. The molecule has 4 N–H and O–H groups in total. The van der Waals surface area contributed by atoms with Crippen molar-refractivity contribution in [1.82, 2.24) is 6.15 Å². The van der Waals surface area contributed by atoms with Gasteiger partial charge in [0.2, 0.25) is 0 Å². The zero-order valence-electron chi connectivity index (χ0n) is 16.7. The zero-order valence-corrected chi connectivity index (χ0v) is 19.2. The second-order valence-electron chi connectivity index (χ2n) is 7.02. The molecule has 0 saturated heterocycles. The molecule has 0 saturated carbocycles. The summed E-state index contributed by atoms with van der Waals surface area (Å²) in [6.07, 6.45) is 0. The van der Waals surface area contributed by atoms with Crippen LogP contribution in [0.5, 0.6) is 11.5 Å². The lowest BCUT2D eigenvalue weighted by Crippen LogP contribution is -2.03. The Balaban J connectivity index is 0.00000338. The van der Waals surface area contributed by atoms with E-state index in [0.29, 0.717) is 11.8 Å². The SMILES string of the molecule is Cc1ccc(C(C)C)c(OP(=S)([S-])Oc2cc(C)ccc2C(C)C)c1.[NH4+]. The minimum atomic E-state index is -2.89. The van der Waals surface area contributed by atoms with Gasteiger partial charge < -0.3 is 27.4 Å². The molecule has 2 rings (SSSR count). The molecule has 0 heterocycles. The van der Waals surface area contributed by atoms with Crippen LogP contribution in [0.1, 0.15) is 61.8 Å². The van der Waals surface area contributed by atoms with Gasteiger partial charge in [-0.1, -0.05) is 52.0 Å². The molecule has 2 aromatic carbocycles. The van der Waals surface area contributed by atoms with Crippen LogP contribution in [0.4, 0.5) is 0 Å². The van der Waals surface area contributed by atoms with E-state index in [1.54, 1.807) is 0 Å². The molecule has 6 heteroatoms. The Morgan fingerprint density at radius 1 is 0.808 bits per heavy atom. The normalized spacial score (nSPS) is 11.4. The van der Waals surface area contributed by atoms with Crippen LogP contribution in [0.15, 0.2) is 36.4 Å². The van der Waals surface area contributed by atoms with Crippen LogP contribution in [-0.4, -0.2) is 0 Å². The largest absolute Gasteiger partial charge is 0.665 e. The molecular weight excluding hydrogens is 381 g/mol. The van der Waals surface area contributed by atoms with Gasteiger partial charge in [-0.3, -0.25) is 0 Å². The van der Waals surface area contributed by atoms with Crippen LogP contribution >= 0.6 is 5.69 Å². The van der Waals surface area contributed by atoms with Gasteiger partial charge in [-0.25, -0.2) is 0 Å². The fourth-order valence-corrected chi connectivity index (χ4v) is 4.45. The molecule has 0 atom stereocenters. The van der Waals surface area contributed by atoms with E-state index in [9.17, 15) is 0 Å². The number of rotatable bonds is 6. The number of quaternary nitrogens is 1. The van der Waals surface area contributed by atoms with Crippen molar-refractivity contribution < 1.29 is 9.05 Å². The van der Waals surface area contributed by atoms with Crippen molar-refractivity contribution >= 4 is 29.7 Å². The van der Waals surface area contributed by atoms with Gasteiger partial charge in [0, 0.05) is 0 Å². The first-order chi connectivity index (χ1) is 11.6. The summed E-state index contributed by atoms with van der Waals surface area (Å²) in [6.45, 7) is 12.6. The third-order valence-corrected chi connectivity index (χ3v) is 5.74. The minimum Gasteiger partial charge on any atom is -0.665 e. The molecule has 2 aromatic rings. The summed E-state index contributed by atoms with van der Waals surface area (Å²) in [5.74, 6) is 2.13. The summed E-state index contributed by atoms with van der Waals surface area (Å²) in [5.41, 5.74) is 1.53. The standard InChI is InChI=1S/C20H27O2PS2.H3N/c1-13(2)17-9-7-15(5)11-19(17)21-23(24,25)22-20-12-16(6)8-10-18(20)14(3)4;/h7-14H,1-6H3,(H,24,25);1H3. The summed E-state index contributed by atoms with van der Waals surface area (Å²) in [5, 5.41) is 0. The number of benzene rings is 2. The van der Waals surface area contributed by atoms with Gasteiger partial charge in [0.25, 0.3) is 0 Å². The number of aryl methyl sites for hydroxylation is 2. The van der Waals surface area contributed by atoms with Gasteiger partial charge in [0.1, 0.15) is 11.5 Å². The van der Waals surface area contributed by atoms with Crippen LogP contribution in [0, 0.1) is 13.8 Å². The Kier molecular flexibility index (Phi) is 8.22. The molecule has 0 aliphatic rings. The summed E-state index contributed by atoms with van der Waals surface area (Å²) in [7, 11) is 0. The minimum absolute atomic E-state index is 0. The molecule has 0 spiro atoms. The van der Waals surface area contributed by atoms with Crippen LogP contribution in [0.2, 0.25) is 0 Å². The third kappa shape index (κ3) is 6.02. The van der Waals surface area contributed by atoms with Crippen molar-refractivity contribution in [3.63, 3.8) is 0 Å². The summed E-state index contributed by atoms with van der Waals surface area (Å²) in [4.78, 5) is 0. The van der Waals surface area contributed by atoms with E-state index < -0.39 is 5.69 Å². The highest BCUT2D eigenvalue weighted by atomic mass is 32.9. The maximum Gasteiger partial charge on any atom is 0.156 e. The fourth-order valence-electron chi connectivity index (χ4n) is 2.65. The Labute approximate surface area is 168 Å². The average molecular weight is 412 g/mol. The molecule has 0 bridgehead atoms. The molecule has 0 radical (unpaired) electrons. The Bertz CT molecular complexity index is 743. The monoisotopic (exact) mass is 411 g/mol. The Hall–Kier alpha value is -1.00. The van der Waals surface area contributed by atoms with Crippen LogP contribution < -0.4 is 15.2 Å². The number of hydrogen-bond donors (Lipinski definition) is 1. The molecule has 0 unspecified atom stereocenters. The van der Waals surface area contributed by atoms with E-state index in [0.717, 1.165) is 33.8 Å². The predicted molar refractivity (Wildman–Crippen MR) is 119 cm³/mol. The summed E-state index contributed by atoms with van der Waals surface area (Å²) < 4.78 is 12.1. The lowest BCUT2D eigenvalue weighted by Gasteiger charge is -2.32. The lowest BCUT2D eigenvalue weighted by atomic mass is 10.0. The van der Waals surface area contributed by atoms with E-state index in [1.807, 2.05) is 26.0 Å². The number of hydrogen-bond acceptors (Lipinski definition) is 4. The Morgan fingerprint density at radius 3 is 1.46 bits per heavy atom. The Morgan fingerprint density at radius 2 is 1.15 bits per heavy atom. The van der Waals surface area contributed by atoms with Crippen LogP contribution in [0.3, 0.4) is 0 Å². The lowest BCUT2D eigenvalue weighted by molar-refractivity contribution is 0.495. The highest BCUT2D eigenvalue weighted by Crippen LogP contribution is 2.49. The second-order valence-corrected chi connectivity index (χ2v) is 11.9. The molecule has 0 aromatic heterocycles. The average Bonchev–Trinajstić information content (AvgIpc) is 2.45. The highest BCUT2D eigenvalue weighted by molar-refractivity contribution is 8.51. The molecule has 0 amide bonds. The molecule has 144 valence electrons. The maximum atomic E-state index is 6.07. The van der Waals surface area contributed by atoms with Crippen molar-refractivity contribution in [3.05, 3.63) is 58.7 Å². The van der Waals surface area contributed by atoms with E-state index in [1.165, 1.54) is 0 Å². The first kappa shape index (κ1) is 23.0. The highest BCUT2D eigenvalue weighted by Gasteiger charge is 2.16. The van der Waals surface area contributed by atoms with Crippen molar-refractivity contribution in [3.8, 4) is 11.5 Å². The first-order valence-corrected chi connectivity index (χ1v) is 12.2. The van der Waals surface area contributed by atoms with Crippen molar-refractivity contribution in [2.45, 2.75) is 53.4 Å². The van der Waals surface area contributed by atoms with Gasteiger partial charge in [0.15, 0.2) is 5.69 Å². The van der Waals surface area contributed by atoms with Crippen molar-refractivity contribution in [2.24, 2.45) is 0 Å². The molecule has 26 heavy (non-hydrogen) atoms. The van der Waals surface area contributed by atoms with Crippen molar-refractivity contribution in [2.75, 3.05) is 0 Å². The van der Waals surface area contributed by atoms with Gasteiger partial charge in [0.05, 0.1) is 0 Å². The van der Waals surface area contributed by atoms with Gasteiger partial charge in [-0.05, 0) is 71.9 Å². The molecule has 0 fully saturated rings. The summed E-state index contributed by atoms with van der Waals surface area (Å²) >= 11 is 11.1. The predicted octanol–water partition coefficient (Wildman–Crippen LogP) is 7.16. The molecule has 0 aliphatic heterocycles. The quantitative estimate of drug-likeness (QED) is 0.405.